The predicted octanol–water partition coefficient (Wildman–Crippen LogP) is 4.62. The van der Waals surface area contributed by atoms with Gasteiger partial charge in [-0.05, 0) is 42.9 Å². The third-order valence-corrected chi connectivity index (χ3v) is 9.81. The van der Waals surface area contributed by atoms with E-state index < -0.39 is 86.3 Å². The fraction of sp³-hybridized carbons (Fsp3) is 0.357. The minimum atomic E-state index is -5.42. The number of anilines is 1. The number of carboxylic acid groups (broad SMARTS) is 1. The molecule has 1 amide bonds. The Balaban J connectivity index is 1.49. The van der Waals surface area contributed by atoms with Crippen LogP contribution in [0.15, 0.2) is 35.5 Å². The summed E-state index contributed by atoms with van der Waals surface area (Å²) in [7, 11) is -5.42. The van der Waals surface area contributed by atoms with Gasteiger partial charge in [0.15, 0.2) is 28.2 Å². The van der Waals surface area contributed by atoms with E-state index in [1.807, 2.05) is 0 Å². The van der Waals surface area contributed by atoms with Crippen molar-refractivity contribution in [2.24, 2.45) is 0 Å². The van der Waals surface area contributed by atoms with Crippen LogP contribution >= 0.6 is 0 Å². The van der Waals surface area contributed by atoms with E-state index in [4.69, 9.17) is 0 Å². The Bertz CT molecular complexity index is 1710. The van der Waals surface area contributed by atoms with Crippen molar-refractivity contribution in [3.63, 3.8) is 0 Å². The summed E-state index contributed by atoms with van der Waals surface area (Å²) in [4.78, 5) is 32.7. The molecule has 10 nitrogen and oxygen atoms in total. The summed E-state index contributed by atoms with van der Waals surface area (Å²) < 4.78 is 96.8. The third-order valence-electron chi connectivity index (χ3n) is 7.88. The Kier molecular flexibility index (Phi) is 8.57. The molecule has 1 aromatic heterocycles. The predicted molar refractivity (Wildman–Crippen MR) is 143 cm³/mol. The minimum absolute atomic E-state index is 0.0909. The zero-order valence-electron chi connectivity index (χ0n) is 22.8. The number of amides is 1. The fourth-order valence-corrected chi connectivity index (χ4v) is 7.15. The number of rotatable bonds is 8. The molecule has 2 N–H and O–H groups in total. The highest BCUT2D eigenvalue weighted by Crippen LogP contribution is 2.36. The van der Waals surface area contributed by atoms with Gasteiger partial charge in [0.2, 0.25) is 21.7 Å². The van der Waals surface area contributed by atoms with Crippen molar-refractivity contribution in [1.29, 1.82) is 0 Å². The molecular formula is C28H25F5N4O6S. The zero-order chi connectivity index (χ0) is 31.9. The average Bonchev–Trinajstić information content (AvgIpc) is 2.97. The topological polar surface area (TPSA) is 141 Å². The number of nitrogens with zero attached hydrogens (tertiary/aromatic N) is 4. The third kappa shape index (κ3) is 5.58. The minimum Gasteiger partial charge on any atom is -0.507 e. The van der Waals surface area contributed by atoms with Crippen LogP contribution in [0, 0.1) is 29.1 Å². The lowest BCUT2D eigenvalue weighted by Gasteiger charge is -2.40. The number of sulfonamides is 1. The second kappa shape index (κ2) is 12.1. The van der Waals surface area contributed by atoms with E-state index in [0.717, 1.165) is 54.7 Å². The van der Waals surface area contributed by atoms with Gasteiger partial charge in [0.1, 0.15) is 23.2 Å². The van der Waals surface area contributed by atoms with Crippen molar-refractivity contribution >= 4 is 27.6 Å². The van der Waals surface area contributed by atoms with Crippen LogP contribution in [-0.2, 0) is 21.4 Å². The largest absolute Gasteiger partial charge is 0.507 e. The number of aromatic carboxylic acids is 1. The SMILES string of the molecule is O=C(O)c1ccc(N(Cc2ncc(C3CCCCC3)cn2)C(=O)[C@H]2CCN2S(=O)(=O)c2c(F)c(F)c(F)c(F)c2F)cc1O. The summed E-state index contributed by atoms with van der Waals surface area (Å²) in [6.45, 7) is -0.885. The Labute approximate surface area is 247 Å². The molecule has 0 bridgehead atoms. The number of carboxylic acids is 1. The van der Waals surface area contributed by atoms with Gasteiger partial charge in [-0.15, -0.1) is 0 Å². The Hall–Kier alpha value is -4.18. The van der Waals surface area contributed by atoms with Crippen molar-refractivity contribution in [1.82, 2.24) is 14.3 Å². The first-order valence-corrected chi connectivity index (χ1v) is 15.0. The highest BCUT2D eigenvalue weighted by molar-refractivity contribution is 7.89. The first-order chi connectivity index (χ1) is 20.8. The normalized spacial score (nSPS) is 17.7. The molecule has 2 heterocycles. The smallest absolute Gasteiger partial charge is 0.339 e. The molecule has 3 aromatic rings. The van der Waals surface area contributed by atoms with Crippen molar-refractivity contribution in [3.05, 3.63) is 76.6 Å². The number of hydrogen-bond donors (Lipinski definition) is 2. The number of halogens is 5. The first kappa shape index (κ1) is 31.3. The van der Waals surface area contributed by atoms with Crippen LogP contribution in [0.4, 0.5) is 27.6 Å². The lowest BCUT2D eigenvalue weighted by Crippen LogP contribution is -2.59. The number of aromatic hydroxyl groups is 1. The molecule has 5 rings (SSSR count). The lowest BCUT2D eigenvalue weighted by molar-refractivity contribution is -0.125. The van der Waals surface area contributed by atoms with Gasteiger partial charge in [-0.3, -0.25) is 4.79 Å². The standard InChI is InChI=1S/C28H25F5N4O6S/c29-21-22(30)24(32)26(25(33)23(21)31)44(42,43)37-9-8-18(37)27(39)36(16-6-7-17(28(40)41)19(38)10-16)13-20-34-11-15(12-35-20)14-4-2-1-3-5-14/h6-7,10-12,14,18,38H,1-5,8-9,13H2,(H,40,41)/t18-/m1/s1. The molecule has 0 unspecified atom stereocenters. The number of hydrogen-bond acceptors (Lipinski definition) is 7. The molecular weight excluding hydrogens is 615 g/mol. The van der Waals surface area contributed by atoms with Crippen LogP contribution in [0.25, 0.3) is 0 Å². The van der Waals surface area contributed by atoms with E-state index in [1.165, 1.54) is 6.07 Å². The Morgan fingerprint density at radius 2 is 1.50 bits per heavy atom. The van der Waals surface area contributed by atoms with Crippen molar-refractivity contribution in [2.45, 2.75) is 61.9 Å². The molecule has 234 valence electrons. The summed E-state index contributed by atoms with van der Waals surface area (Å²) in [5, 5.41) is 19.5. The lowest BCUT2D eigenvalue weighted by atomic mass is 9.85. The molecule has 2 fully saturated rings. The average molecular weight is 641 g/mol. The molecule has 44 heavy (non-hydrogen) atoms. The van der Waals surface area contributed by atoms with Crippen LogP contribution in [-0.4, -0.2) is 57.4 Å². The van der Waals surface area contributed by atoms with Crippen molar-refractivity contribution in [3.8, 4) is 5.75 Å². The summed E-state index contributed by atoms with van der Waals surface area (Å²) in [6.07, 6.45) is 8.23. The Morgan fingerprint density at radius 3 is 2.02 bits per heavy atom. The maximum atomic E-state index is 14.5. The highest BCUT2D eigenvalue weighted by Gasteiger charge is 2.48. The molecule has 1 saturated carbocycles. The Morgan fingerprint density at radius 1 is 0.909 bits per heavy atom. The number of aromatic nitrogens is 2. The van der Waals surface area contributed by atoms with E-state index in [-0.39, 0.29) is 23.9 Å². The van der Waals surface area contributed by atoms with Gasteiger partial charge in [-0.2, -0.15) is 4.31 Å². The van der Waals surface area contributed by atoms with E-state index in [2.05, 4.69) is 9.97 Å². The number of carbonyl (C=O) groups is 2. The molecule has 1 saturated heterocycles. The van der Waals surface area contributed by atoms with Gasteiger partial charge >= 0.3 is 5.97 Å². The van der Waals surface area contributed by atoms with Crippen LogP contribution in [0.3, 0.4) is 0 Å². The van der Waals surface area contributed by atoms with Crippen LogP contribution < -0.4 is 4.90 Å². The number of phenols is 1. The molecule has 16 heteroatoms. The van der Waals surface area contributed by atoms with E-state index in [9.17, 15) is 50.2 Å². The fourth-order valence-electron chi connectivity index (χ4n) is 5.41. The summed E-state index contributed by atoms with van der Waals surface area (Å²) in [5.41, 5.74) is 0.306. The highest BCUT2D eigenvalue weighted by atomic mass is 32.2. The second-order valence-electron chi connectivity index (χ2n) is 10.5. The van der Waals surface area contributed by atoms with Gasteiger partial charge in [0, 0.05) is 30.7 Å². The van der Waals surface area contributed by atoms with E-state index in [0.29, 0.717) is 4.31 Å². The maximum Gasteiger partial charge on any atom is 0.339 e. The molecule has 0 radical (unpaired) electrons. The van der Waals surface area contributed by atoms with E-state index >= 15 is 0 Å². The zero-order valence-corrected chi connectivity index (χ0v) is 23.6. The number of carbonyl (C=O) groups excluding carboxylic acids is 1. The van der Waals surface area contributed by atoms with Crippen LogP contribution in [0.1, 0.15) is 66.2 Å². The number of benzene rings is 2. The summed E-state index contributed by atoms with van der Waals surface area (Å²) in [5.74, 6) is -15.4. The molecule has 2 aliphatic rings. The quantitative estimate of drug-likeness (QED) is 0.207. The van der Waals surface area contributed by atoms with Crippen LogP contribution in [0.2, 0.25) is 0 Å². The van der Waals surface area contributed by atoms with Gasteiger partial charge < -0.3 is 15.1 Å². The maximum absolute atomic E-state index is 14.5. The molecule has 0 spiro atoms. The monoisotopic (exact) mass is 640 g/mol. The van der Waals surface area contributed by atoms with Crippen molar-refractivity contribution in [2.75, 3.05) is 11.4 Å². The summed E-state index contributed by atoms with van der Waals surface area (Å²) >= 11 is 0. The molecule has 1 atom stereocenters. The van der Waals surface area contributed by atoms with Gasteiger partial charge in [0.05, 0.1) is 6.54 Å². The molecule has 2 aromatic carbocycles. The van der Waals surface area contributed by atoms with Crippen LogP contribution in [0.5, 0.6) is 5.75 Å². The summed E-state index contributed by atoms with van der Waals surface area (Å²) in [6, 6.07) is 1.46. The molecule has 1 aliphatic carbocycles. The van der Waals surface area contributed by atoms with E-state index in [1.54, 1.807) is 12.4 Å². The first-order valence-electron chi connectivity index (χ1n) is 13.5. The van der Waals surface area contributed by atoms with Gasteiger partial charge in [-0.1, -0.05) is 19.3 Å². The van der Waals surface area contributed by atoms with Gasteiger partial charge in [0.25, 0.3) is 0 Å². The van der Waals surface area contributed by atoms with Crippen molar-refractivity contribution < 1.29 is 50.2 Å². The van der Waals surface area contributed by atoms with Gasteiger partial charge in [-0.25, -0.2) is 45.1 Å². The second-order valence-corrected chi connectivity index (χ2v) is 12.3. The molecule has 1 aliphatic heterocycles.